The number of hydrogen-bond acceptors (Lipinski definition) is 8. The monoisotopic (exact) mass is 766 g/mol. The minimum Gasteiger partial charge on any atom is -0.483 e. The first kappa shape index (κ1) is 38.4. The molecule has 8 nitrogen and oxygen atoms in total. The molecule has 8 heteroatoms. The van der Waals surface area contributed by atoms with E-state index < -0.39 is 42.0 Å². The average Bonchev–Trinajstić information content (AvgIpc) is 3.19. The summed E-state index contributed by atoms with van der Waals surface area (Å²) in [5.41, 5.74) is 6.46. The van der Waals surface area contributed by atoms with Crippen LogP contribution in [0.1, 0.15) is 117 Å². The van der Waals surface area contributed by atoms with Crippen LogP contribution in [0.5, 0.6) is 5.75 Å². The van der Waals surface area contributed by atoms with Gasteiger partial charge in [-0.3, -0.25) is 4.79 Å². The van der Waals surface area contributed by atoms with Gasteiger partial charge in [0.2, 0.25) is 0 Å². The molecular weight excluding hydrogens is 717 g/mol. The summed E-state index contributed by atoms with van der Waals surface area (Å²) in [5, 5.41) is 10.7. The Morgan fingerprint density at radius 2 is 1.58 bits per heavy atom. The summed E-state index contributed by atoms with van der Waals surface area (Å²) in [6.45, 7) is 6.98. The van der Waals surface area contributed by atoms with Gasteiger partial charge < -0.3 is 23.7 Å². The van der Waals surface area contributed by atoms with E-state index in [-0.39, 0.29) is 29.8 Å². The van der Waals surface area contributed by atoms with Crippen LogP contribution in [0.4, 0.5) is 0 Å². The Hall–Kier alpha value is -5.47. The second kappa shape index (κ2) is 15.8. The van der Waals surface area contributed by atoms with Crippen LogP contribution in [0.2, 0.25) is 0 Å². The summed E-state index contributed by atoms with van der Waals surface area (Å²) >= 11 is 0. The van der Waals surface area contributed by atoms with E-state index in [1.165, 1.54) is 28.3 Å². The third kappa shape index (κ3) is 7.93. The van der Waals surface area contributed by atoms with Crippen LogP contribution in [0.25, 0.3) is 11.0 Å². The zero-order valence-corrected chi connectivity index (χ0v) is 33.1. The number of ether oxygens (including phenoxy) is 3. The first-order valence-electron chi connectivity index (χ1n) is 20.2. The summed E-state index contributed by atoms with van der Waals surface area (Å²) in [6.07, 6.45) is 2.54. The van der Waals surface area contributed by atoms with E-state index in [4.69, 9.17) is 18.6 Å². The Morgan fingerprint density at radius 1 is 0.807 bits per heavy atom. The number of rotatable bonds is 4. The van der Waals surface area contributed by atoms with Crippen LogP contribution in [-0.4, -0.2) is 28.8 Å². The highest BCUT2D eigenvalue weighted by Crippen LogP contribution is 2.49. The molecule has 294 valence electrons. The number of carbonyl (C=O) groups excluding carboxylic acids is 2. The SMILES string of the molecule is CC(C)=C1CCc2ccc(cc2)[C@@H]2CC[C@@H](c3cccc(Cc4ccccc4)c3)C[C@H]2CC(=O)O[C@@H]2c3c(ccc4c(CO)cc(=O)oc34)OC(C)(C)[C@H]2OC1=O. The fourth-order valence-corrected chi connectivity index (χ4v) is 9.33. The van der Waals surface area contributed by atoms with Crippen molar-refractivity contribution in [2.24, 2.45) is 5.92 Å². The smallest absolute Gasteiger partial charge is 0.336 e. The number of aliphatic hydroxyl groups excluding tert-OH is 1. The van der Waals surface area contributed by atoms with Crippen molar-refractivity contribution in [2.75, 3.05) is 0 Å². The quantitative estimate of drug-likeness (QED) is 0.109. The van der Waals surface area contributed by atoms with E-state index >= 15 is 0 Å². The van der Waals surface area contributed by atoms with E-state index in [0.717, 1.165) is 36.8 Å². The highest BCUT2D eigenvalue weighted by Gasteiger charge is 2.51. The maximum absolute atomic E-state index is 14.6. The summed E-state index contributed by atoms with van der Waals surface area (Å²) in [7, 11) is 0. The molecule has 57 heavy (non-hydrogen) atoms. The molecule has 9 rings (SSSR count). The van der Waals surface area contributed by atoms with Crippen molar-refractivity contribution in [3.63, 3.8) is 0 Å². The molecule has 0 amide bonds. The third-order valence-electron chi connectivity index (χ3n) is 12.3. The predicted molar refractivity (Wildman–Crippen MR) is 218 cm³/mol. The molecule has 5 aromatic rings. The summed E-state index contributed by atoms with van der Waals surface area (Å²) in [6, 6.07) is 32.7. The van der Waals surface area contributed by atoms with Gasteiger partial charge in [-0.05, 0) is 129 Å². The van der Waals surface area contributed by atoms with E-state index in [1.54, 1.807) is 26.0 Å². The average molecular weight is 767 g/mol. The molecule has 1 aliphatic carbocycles. The van der Waals surface area contributed by atoms with Gasteiger partial charge in [0.05, 0.1) is 12.2 Å². The Labute approximate surface area is 333 Å². The van der Waals surface area contributed by atoms with Crippen molar-refractivity contribution in [1.82, 2.24) is 0 Å². The van der Waals surface area contributed by atoms with Crippen LogP contribution < -0.4 is 10.4 Å². The number of hydrogen-bond donors (Lipinski definition) is 1. The molecule has 4 aromatic carbocycles. The van der Waals surface area contributed by atoms with Gasteiger partial charge in [0, 0.05) is 23.4 Å². The minimum atomic E-state index is -1.17. The summed E-state index contributed by atoms with van der Waals surface area (Å²) in [5.74, 6) is -0.263. The lowest BCUT2D eigenvalue weighted by atomic mass is 9.68. The van der Waals surface area contributed by atoms with Crippen molar-refractivity contribution >= 4 is 22.9 Å². The predicted octanol–water partition coefficient (Wildman–Crippen LogP) is 9.58. The number of aryl methyl sites for hydroxylation is 1. The zero-order chi connectivity index (χ0) is 39.8. The number of benzene rings is 4. The fraction of sp³-hybridized carbons (Fsp3) is 0.367. The van der Waals surface area contributed by atoms with Crippen molar-refractivity contribution in [1.29, 1.82) is 0 Å². The fourth-order valence-electron chi connectivity index (χ4n) is 9.33. The Morgan fingerprint density at radius 3 is 2.33 bits per heavy atom. The number of aliphatic hydroxyl groups is 1. The van der Waals surface area contributed by atoms with Gasteiger partial charge in [-0.1, -0.05) is 84.4 Å². The lowest BCUT2D eigenvalue weighted by Gasteiger charge is -2.43. The summed E-state index contributed by atoms with van der Waals surface area (Å²) < 4.78 is 25.2. The number of fused-ring (bicyclic) bond motifs is 11. The van der Waals surface area contributed by atoms with Crippen molar-refractivity contribution in [2.45, 2.75) is 109 Å². The lowest BCUT2D eigenvalue weighted by Crippen LogP contribution is -2.52. The van der Waals surface area contributed by atoms with Gasteiger partial charge in [0.1, 0.15) is 16.9 Å². The van der Waals surface area contributed by atoms with E-state index in [9.17, 15) is 19.5 Å². The van der Waals surface area contributed by atoms with Gasteiger partial charge in [-0.25, -0.2) is 9.59 Å². The number of carbonyl (C=O) groups is 2. The zero-order valence-electron chi connectivity index (χ0n) is 33.1. The molecule has 0 unspecified atom stereocenters. The molecule has 1 N–H and O–H groups in total. The van der Waals surface area contributed by atoms with Crippen molar-refractivity contribution < 1.29 is 33.3 Å². The Kier molecular flexibility index (Phi) is 10.7. The molecule has 2 bridgehead atoms. The van der Waals surface area contributed by atoms with Crippen LogP contribution in [0.3, 0.4) is 0 Å². The van der Waals surface area contributed by atoms with Crippen molar-refractivity contribution in [3.8, 4) is 5.75 Å². The third-order valence-corrected chi connectivity index (χ3v) is 12.3. The normalized spacial score (nSPS) is 23.4. The second-order valence-electron chi connectivity index (χ2n) is 16.8. The largest absolute Gasteiger partial charge is 0.483 e. The topological polar surface area (TPSA) is 112 Å². The van der Waals surface area contributed by atoms with Crippen LogP contribution in [-0.2, 0) is 38.5 Å². The highest BCUT2D eigenvalue weighted by atomic mass is 16.6. The first-order valence-corrected chi connectivity index (χ1v) is 20.2. The molecule has 4 aliphatic rings. The minimum absolute atomic E-state index is 0.0372. The van der Waals surface area contributed by atoms with Gasteiger partial charge in [0.25, 0.3) is 0 Å². The standard InChI is InChI=1S/C49H50O8/c1-29(2)38-19-15-30-13-16-33(17-14-30)39-20-18-35(34-12-8-11-32(24-34)23-31-9-6-5-7-10-31)25-36(39)26-42(51)55-46-44-41(57-49(3,4)47(46)56-48(38)53)22-21-40-37(28-50)27-43(52)54-45(40)44/h5-14,16-17,21-22,24,27,35-36,39,46-47,50H,15,18-20,23,25-26,28H2,1-4H3/t35-,36+,39+,46-,47+/m1/s1. The molecule has 0 saturated heterocycles. The first-order chi connectivity index (χ1) is 27.5. The number of allylic oxidation sites excluding steroid dienone is 1. The van der Waals surface area contributed by atoms with E-state index in [1.807, 2.05) is 19.9 Å². The highest BCUT2D eigenvalue weighted by molar-refractivity contribution is 5.90. The molecule has 1 aromatic heterocycles. The second-order valence-corrected chi connectivity index (χ2v) is 16.8. The van der Waals surface area contributed by atoms with E-state index in [2.05, 4.69) is 72.8 Å². The van der Waals surface area contributed by atoms with Crippen molar-refractivity contribution in [3.05, 3.63) is 158 Å². The van der Waals surface area contributed by atoms with Crippen LogP contribution in [0, 0.1) is 5.92 Å². The number of esters is 2. The summed E-state index contributed by atoms with van der Waals surface area (Å²) in [4.78, 5) is 41.6. The maximum atomic E-state index is 14.6. The Bertz CT molecular complexity index is 2380. The van der Waals surface area contributed by atoms with Gasteiger partial charge in [0.15, 0.2) is 12.2 Å². The maximum Gasteiger partial charge on any atom is 0.336 e. The molecule has 4 heterocycles. The molecule has 3 aliphatic heterocycles. The van der Waals surface area contributed by atoms with Gasteiger partial charge in [-0.15, -0.1) is 0 Å². The molecular formula is C49H50O8. The molecule has 1 fully saturated rings. The van der Waals surface area contributed by atoms with Gasteiger partial charge in [-0.2, -0.15) is 0 Å². The lowest BCUT2D eigenvalue weighted by molar-refractivity contribution is -0.188. The molecule has 0 radical (unpaired) electrons. The van der Waals surface area contributed by atoms with Crippen LogP contribution in [0.15, 0.2) is 117 Å². The molecule has 1 saturated carbocycles. The van der Waals surface area contributed by atoms with Gasteiger partial charge >= 0.3 is 17.6 Å². The van der Waals surface area contributed by atoms with Crippen LogP contribution >= 0.6 is 0 Å². The molecule has 5 atom stereocenters. The Balaban J connectivity index is 1.19. The van der Waals surface area contributed by atoms with E-state index in [0.29, 0.717) is 40.7 Å². The molecule has 0 spiro atoms.